The van der Waals surface area contributed by atoms with Gasteiger partial charge in [0, 0.05) is 5.92 Å². The van der Waals surface area contributed by atoms with E-state index in [1.165, 1.54) is 4.90 Å². The molecule has 2 amide bonds. The summed E-state index contributed by atoms with van der Waals surface area (Å²) >= 11 is 0. The molecule has 160 valence electrons. The van der Waals surface area contributed by atoms with Crippen LogP contribution in [0.2, 0.25) is 0 Å². The van der Waals surface area contributed by atoms with Crippen molar-refractivity contribution in [3.63, 3.8) is 0 Å². The van der Waals surface area contributed by atoms with E-state index in [9.17, 15) is 14.7 Å². The SMILES string of the molecule is Cc1ccc(C)c(N2C(=O)[C@@H]3C4c5ccccc5C([C@@H](C)O)(c5ccccc54)[C@@H]3C2=O)c1. The van der Waals surface area contributed by atoms with Crippen molar-refractivity contribution < 1.29 is 14.7 Å². The Morgan fingerprint density at radius 2 is 1.47 bits per heavy atom. The molecule has 4 aliphatic rings. The quantitative estimate of drug-likeness (QED) is 0.628. The van der Waals surface area contributed by atoms with Gasteiger partial charge in [0.15, 0.2) is 0 Å². The Labute approximate surface area is 187 Å². The molecule has 1 heterocycles. The first-order valence-electron chi connectivity index (χ1n) is 11.2. The van der Waals surface area contributed by atoms with E-state index in [2.05, 4.69) is 12.1 Å². The van der Waals surface area contributed by atoms with E-state index < -0.39 is 23.4 Å². The minimum atomic E-state index is -0.953. The highest BCUT2D eigenvalue weighted by molar-refractivity contribution is 6.24. The van der Waals surface area contributed by atoms with Gasteiger partial charge in [0.1, 0.15) is 0 Å². The fourth-order valence-corrected chi connectivity index (χ4v) is 6.74. The summed E-state index contributed by atoms with van der Waals surface area (Å²) in [7, 11) is 0. The lowest BCUT2D eigenvalue weighted by Gasteiger charge is -2.55. The van der Waals surface area contributed by atoms with Crippen LogP contribution in [0.4, 0.5) is 5.69 Å². The number of nitrogens with zero attached hydrogens (tertiary/aromatic N) is 1. The summed E-state index contributed by atoms with van der Waals surface area (Å²) in [6.07, 6.45) is -0.839. The van der Waals surface area contributed by atoms with Gasteiger partial charge in [-0.3, -0.25) is 9.59 Å². The number of hydrogen-bond donors (Lipinski definition) is 1. The van der Waals surface area contributed by atoms with Gasteiger partial charge >= 0.3 is 0 Å². The van der Waals surface area contributed by atoms with E-state index >= 15 is 0 Å². The molecule has 0 spiro atoms. The van der Waals surface area contributed by atoms with Gasteiger partial charge in [-0.25, -0.2) is 4.90 Å². The summed E-state index contributed by atoms with van der Waals surface area (Å²) in [6.45, 7) is 5.65. The maximum atomic E-state index is 14.1. The highest BCUT2D eigenvalue weighted by atomic mass is 16.3. The van der Waals surface area contributed by atoms with Crippen LogP contribution < -0.4 is 4.90 Å². The number of hydrogen-bond acceptors (Lipinski definition) is 3. The van der Waals surface area contributed by atoms with Crippen molar-refractivity contribution in [1.82, 2.24) is 0 Å². The molecule has 3 aliphatic carbocycles. The minimum Gasteiger partial charge on any atom is -0.392 e. The lowest BCUT2D eigenvalue weighted by atomic mass is 9.46. The van der Waals surface area contributed by atoms with Crippen LogP contribution in [0.3, 0.4) is 0 Å². The zero-order valence-corrected chi connectivity index (χ0v) is 18.4. The predicted octanol–water partition coefficient (Wildman–Crippen LogP) is 4.24. The van der Waals surface area contributed by atoms with E-state index in [0.717, 1.165) is 33.4 Å². The van der Waals surface area contributed by atoms with Crippen molar-refractivity contribution in [2.45, 2.75) is 38.2 Å². The largest absolute Gasteiger partial charge is 0.392 e. The topological polar surface area (TPSA) is 57.6 Å². The van der Waals surface area contributed by atoms with E-state index in [4.69, 9.17) is 0 Å². The normalized spacial score (nSPS) is 28.4. The zero-order chi connectivity index (χ0) is 22.4. The molecule has 1 aliphatic heterocycles. The molecule has 0 radical (unpaired) electrons. The maximum absolute atomic E-state index is 14.1. The van der Waals surface area contributed by atoms with Crippen LogP contribution in [-0.4, -0.2) is 23.0 Å². The fourth-order valence-electron chi connectivity index (χ4n) is 6.74. The van der Waals surface area contributed by atoms with Crippen molar-refractivity contribution in [2.75, 3.05) is 4.90 Å². The Balaban J connectivity index is 1.67. The molecule has 0 unspecified atom stereocenters. The number of anilines is 1. The van der Waals surface area contributed by atoms with Gasteiger partial charge in [0.05, 0.1) is 29.0 Å². The van der Waals surface area contributed by atoms with Crippen LogP contribution in [0.5, 0.6) is 0 Å². The average molecular weight is 424 g/mol. The number of aliphatic hydroxyl groups is 1. The molecule has 1 N–H and O–H groups in total. The fraction of sp³-hybridized carbons (Fsp3) is 0.286. The highest BCUT2D eigenvalue weighted by Crippen LogP contribution is 2.65. The summed E-state index contributed by atoms with van der Waals surface area (Å²) in [4.78, 5) is 29.5. The van der Waals surface area contributed by atoms with Gasteiger partial charge in [-0.2, -0.15) is 0 Å². The lowest BCUT2D eigenvalue weighted by Crippen LogP contribution is -2.58. The second kappa shape index (κ2) is 6.39. The van der Waals surface area contributed by atoms with Gasteiger partial charge < -0.3 is 5.11 Å². The summed E-state index contributed by atoms with van der Waals surface area (Å²) in [6, 6.07) is 21.9. The number of imide groups is 1. The number of carbonyl (C=O) groups excluding carboxylic acids is 2. The molecule has 3 atom stereocenters. The molecule has 3 aromatic carbocycles. The standard InChI is InChI=1S/C28H25NO3/c1-15-12-13-16(2)22(14-15)29-26(31)24-23-18-8-4-6-10-20(18)28(17(3)30,25(24)27(29)32)21-11-7-5-9-19(21)23/h4-14,17,23-25,30H,1-3H3/t17-,23?,24-,25+,28?/m1/s1. The smallest absolute Gasteiger partial charge is 0.239 e. The number of aliphatic hydroxyl groups excluding tert-OH is 1. The number of carbonyl (C=O) groups is 2. The summed E-state index contributed by atoms with van der Waals surface area (Å²) in [5, 5.41) is 11.4. The summed E-state index contributed by atoms with van der Waals surface area (Å²) in [5.41, 5.74) is 5.65. The first-order chi connectivity index (χ1) is 15.4. The zero-order valence-electron chi connectivity index (χ0n) is 18.4. The third kappa shape index (κ3) is 2.11. The lowest BCUT2D eigenvalue weighted by molar-refractivity contribution is -0.126. The molecule has 7 rings (SSSR count). The van der Waals surface area contributed by atoms with Crippen LogP contribution in [0.1, 0.15) is 46.2 Å². The van der Waals surface area contributed by atoms with E-state index in [1.807, 2.05) is 68.4 Å². The first kappa shape index (κ1) is 19.4. The highest BCUT2D eigenvalue weighted by Gasteiger charge is 2.69. The molecule has 1 saturated heterocycles. The summed E-state index contributed by atoms with van der Waals surface area (Å²) < 4.78 is 0. The molecule has 4 nitrogen and oxygen atoms in total. The van der Waals surface area contributed by atoms with Gasteiger partial charge in [0.2, 0.25) is 11.8 Å². The predicted molar refractivity (Wildman–Crippen MR) is 123 cm³/mol. The van der Waals surface area contributed by atoms with Crippen molar-refractivity contribution in [1.29, 1.82) is 0 Å². The third-order valence-corrected chi connectivity index (χ3v) is 7.95. The molecule has 1 fully saturated rings. The van der Waals surface area contributed by atoms with Crippen molar-refractivity contribution >= 4 is 17.5 Å². The van der Waals surface area contributed by atoms with Crippen molar-refractivity contribution in [3.05, 3.63) is 100 Å². The molecule has 2 bridgehead atoms. The molecule has 0 saturated carbocycles. The van der Waals surface area contributed by atoms with Crippen LogP contribution in [-0.2, 0) is 15.0 Å². The molecule has 0 aromatic heterocycles. The monoisotopic (exact) mass is 423 g/mol. The van der Waals surface area contributed by atoms with Gasteiger partial charge in [0.25, 0.3) is 0 Å². The Kier molecular flexibility index (Phi) is 3.89. The van der Waals surface area contributed by atoms with Crippen molar-refractivity contribution in [3.8, 4) is 0 Å². The number of benzene rings is 3. The maximum Gasteiger partial charge on any atom is 0.239 e. The third-order valence-electron chi connectivity index (χ3n) is 7.95. The average Bonchev–Trinajstić information content (AvgIpc) is 3.06. The Morgan fingerprint density at radius 3 is 2.06 bits per heavy atom. The molecule has 32 heavy (non-hydrogen) atoms. The Hall–Kier alpha value is -3.24. The van der Waals surface area contributed by atoms with Gasteiger partial charge in [-0.05, 0) is 60.2 Å². The van der Waals surface area contributed by atoms with Crippen LogP contribution in [0.15, 0.2) is 66.7 Å². The molecule has 4 heteroatoms. The van der Waals surface area contributed by atoms with Crippen LogP contribution in [0, 0.1) is 25.7 Å². The van der Waals surface area contributed by atoms with Gasteiger partial charge in [-0.15, -0.1) is 0 Å². The Bertz CT molecular complexity index is 1260. The van der Waals surface area contributed by atoms with E-state index in [1.54, 1.807) is 6.92 Å². The summed E-state index contributed by atoms with van der Waals surface area (Å²) in [5.74, 6) is -1.72. The molecular weight excluding hydrogens is 398 g/mol. The second-order valence-corrected chi connectivity index (χ2v) is 9.50. The van der Waals surface area contributed by atoms with Crippen molar-refractivity contribution in [2.24, 2.45) is 11.8 Å². The van der Waals surface area contributed by atoms with E-state index in [0.29, 0.717) is 5.69 Å². The Morgan fingerprint density at radius 1 is 0.875 bits per heavy atom. The van der Waals surface area contributed by atoms with E-state index in [-0.39, 0.29) is 17.7 Å². The first-order valence-corrected chi connectivity index (χ1v) is 11.2. The number of amides is 2. The van der Waals surface area contributed by atoms with Crippen LogP contribution in [0.25, 0.3) is 0 Å². The van der Waals surface area contributed by atoms with Gasteiger partial charge in [-0.1, -0.05) is 60.7 Å². The van der Waals surface area contributed by atoms with Crippen LogP contribution >= 0.6 is 0 Å². The minimum absolute atomic E-state index is 0.160. The number of aryl methyl sites for hydroxylation is 2. The molecule has 3 aromatic rings. The second-order valence-electron chi connectivity index (χ2n) is 9.50. The molecular formula is C28H25NO3. The number of rotatable bonds is 2.